The Hall–Kier alpha value is -2.25. The highest BCUT2D eigenvalue weighted by Crippen LogP contribution is 2.32. The molecule has 1 aromatic carbocycles. The molecule has 0 unspecified atom stereocenters. The lowest BCUT2D eigenvalue weighted by Crippen LogP contribution is -2.41. The third-order valence-electron chi connectivity index (χ3n) is 2.32. The van der Waals surface area contributed by atoms with Crippen LogP contribution in [0.15, 0.2) is 18.2 Å². The van der Waals surface area contributed by atoms with Gasteiger partial charge in [0.1, 0.15) is 0 Å². The number of amides is 2. The van der Waals surface area contributed by atoms with Crippen LogP contribution >= 0.6 is 0 Å². The molecular weight excluding hydrogens is 289 g/mol. The van der Waals surface area contributed by atoms with E-state index in [4.69, 9.17) is 5.11 Å². The van der Waals surface area contributed by atoms with Crippen LogP contribution in [0.1, 0.15) is 36.7 Å². The van der Waals surface area contributed by atoms with Crippen molar-refractivity contribution in [2.75, 3.05) is 5.32 Å². The first kappa shape index (κ1) is 16.8. The van der Waals surface area contributed by atoms with E-state index < -0.39 is 29.3 Å². The smallest absolute Gasteiger partial charge is 0.416 e. The Morgan fingerprint density at radius 3 is 2.14 bits per heavy atom. The zero-order valence-electron chi connectivity index (χ0n) is 11.6. The van der Waals surface area contributed by atoms with Crippen LogP contribution in [0.25, 0.3) is 0 Å². The zero-order valence-corrected chi connectivity index (χ0v) is 11.6. The number of nitrogens with one attached hydrogen (secondary N) is 2. The molecule has 0 aliphatic carbocycles. The fourth-order valence-electron chi connectivity index (χ4n) is 1.54. The second kappa shape index (κ2) is 5.63. The lowest BCUT2D eigenvalue weighted by atomic mass is 10.0. The summed E-state index contributed by atoms with van der Waals surface area (Å²) in [4.78, 5) is 22.7. The van der Waals surface area contributed by atoms with Crippen molar-refractivity contribution in [3.8, 4) is 0 Å². The van der Waals surface area contributed by atoms with Crippen LogP contribution in [0.2, 0.25) is 0 Å². The van der Waals surface area contributed by atoms with E-state index in [1.165, 1.54) is 0 Å². The minimum absolute atomic E-state index is 0.211. The largest absolute Gasteiger partial charge is 0.465 e. The molecule has 3 N–H and O–H groups in total. The van der Waals surface area contributed by atoms with Crippen molar-refractivity contribution in [2.45, 2.75) is 32.5 Å². The third kappa shape index (κ3) is 4.97. The molecule has 0 heterocycles. The number of carbonyl (C=O) groups is 2. The van der Waals surface area contributed by atoms with Crippen LogP contribution in [0.3, 0.4) is 0 Å². The van der Waals surface area contributed by atoms with E-state index in [1.807, 2.05) is 5.32 Å². The summed E-state index contributed by atoms with van der Waals surface area (Å²) in [6.07, 6.45) is -6.10. The Bertz CT molecular complexity index is 563. The van der Waals surface area contributed by atoms with Gasteiger partial charge in [-0.15, -0.1) is 0 Å². The standard InChI is InChI=1S/C13H15F3N2O3/c1-12(2,3)18-10(19)8-6-7(13(14,15)16)4-5-9(8)17-11(20)21/h4-6,17H,1-3H3,(H,18,19)(H,20,21). The Balaban J connectivity index is 3.28. The van der Waals surface area contributed by atoms with Gasteiger partial charge in [-0.1, -0.05) is 0 Å². The number of hydrogen-bond donors (Lipinski definition) is 3. The van der Waals surface area contributed by atoms with Crippen LogP contribution < -0.4 is 10.6 Å². The SMILES string of the molecule is CC(C)(C)NC(=O)c1cc(C(F)(F)F)ccc1NC(=O)O. The maximum Gasteiger partial charge on any atom is 0.416 e. The molecule has 0 aliphatic rings. The van der Waals surface area contributed by atoms with E-state index in [0.717, 1.165) is 6.07 Å². The first-order valence-electron chi connectivity index (χ1n) is 5.94. The van der Waals surface area contributed by atoms with E-state index in [2.05, 4.69) is 5.32 Å². The molecule has 21 heavy (non-hydrogen) atoms. The van der Waals surface area contributed by atoms with Gasteiger partial charge in [-0.2, -0.15) is 13.2 Å². The molecule has 8 heteroatoms. The van der Waals surface area contributed by atoms with E-state index in [1.54, 1.807) is 20.8 Å². The van der Waals surface area contributed by atoms with Gasteiger partial charge >= 0.3 is 12.3 Å². The van der Waals surface area contributed by atoms with Gasteiger partial charge in [-0.3, -0.25) is 10.1 Å². The monoisotopic (exact) mass is 304 g/mol. The Morgan fingerprint density at radius 2 is 1.71 bits per heavy atom. The zero-order chi connectivity index (χ0) is 16.4. The van der Waals surface area contributed by atoms with Gasteiger partial charge in [0.2, 0.25) is 0 Å². The summed E-state index contributed by atoms with van der Waals surface area (Å²) in [6, 6.07) is 2.24. The van der Waals surface area contributed by atoms with Crippen molar-refractivity contribution in [3.05, 3.63) is 29.3 Å². The predicted octanol–water partition coefficient (Wildman–Crippen LogP) is 3.32. The number of carbonyl (C=O) groups excluding carboxylic acids is 1. The summed E-state index contributed by atoms with van der Waals surface area (Å²) in [5, 5.41) is 13.1. The summed E-state index contributed by atoms with van der Waals surface area (Å²) in [7, 11) is 0. The fraction of sp³-hybridized carbons (Fsp3) is 0.385. The topological polar surface area (TPSA) is 78.4 Å². The number of benzene rings is 1. The highest BCUT2D eigenvalue weighted by atomic mass is 19.4. The second-order valence-corrected chi connectivity index (χ2v) is 5.39. The van der Waals surface area contributed by atoms with Crippen molar-refractivity contribution >= 4 is 17.7 Å². The highest BCUT2D eigenvalue weighted by molar-refractivity contribution is 6.02. The maximum atomic E-state index is 12.7. The molecule has 116 valence electrons. The lowest BCUT2D eigenvalue weighted by molar-refractivity contribution is -0.137. The number of hydrogen-bond acceptors (Lipinski definition) is 2. The molecule has 1 aromatic rings. The van der Waals surface area contributed by atoms with Gasteiger partial charge in [0, 0.05) is 5.54 Å². The summed E-state index contributed by atoms with van der Waals surface area (Å²) in [5.41, 5.74) is -2.30. The average Bonchev–Trinajstić information content (AvgIpc) is 2.24. The van der Waals surface area contributed by atoms with Gasteiger partial charge in [0.25, 0.3) is 5.91 Å². The summed E-state index contributed by atoms with van der Waals surface area (Å²) in [6.45, 7) is 4.97. The Labute approximate surface area is 119 Å². The van der Waals surface area contributed by atoms with Crippen LogP contribution in [0.5, 0.6) is 0 Å². The second-order valence-electron chi connectivity index (χ2n) is 5.39. The molecule has 0 saturated heterocycles. The molecule has 0 saturated carbocycles. The van der Waals surface area contributed by atoms with Crippen LogP contribution in [0.4, 0.5) is 23.7 Å². The summed E-state index contributed by atoms with van der Waals surface area (Å²) >= 11 is 0. The Morgan fingerprint density at radius 1 is 1.14 bits per heavy atom. The van der Waals surface area contributed by atoms with Crippen molar-refractivity contribution in [3.63, 3.8) is 0 Å². The predicted molar refractivity (Wildman–Crippen MR) is 70.3 cm³/mol. The highest BCUT2D eigenvalue weighted by Gasteiger charge is 2.32. The molecule has 0 fully saturated rings. The van der Waals surface area contributed by atoms with E-state index in [-0.39, 0.29) is 11.3 Å². The molecule has 0 bridgehead atoms. The fourth-order valence-corrected chi connectivity index (χ4v) is 1.54. The number of rotatable bonds is 2. The number of carboxylic acid groups (broad SMARTS) is 1. The summed E-state index contributed by atoms with van der Waals surface area (Å²) in [5.74, 6) is -0.794. The van der Waals surface area contributed by atoms with Crippen LogP contribution in [-0.4, -0.2) is 22.6 Å². The lowest BCUT2D eigenvalue weighted by Gasteiger charge is -2.22. The Kier molecular flexibility index (Phi) is 4.50. The van der Waals surface area contributed by atoms with Crippen molar-refractivity contribution in [2.24, 2.45) is 0 Å². The molecule has 5 nitrogen and oxygen atoms in total. The minimum Gasteiger partial charge on any atom is -0.465 e. The van der Waals surface area contributed by atoms with Gasteiger partial charge in [0.15, 0.2) is 0 Å². The molecule has 0 aromatic heterocycles. The number of anilines is 1. The normalized spacial score (nSPS) is 11.9. The van der Waals surface area contributed by atoms with Crippen molar-refractivity contribution in [1.29, 1.82) is 0 Å². The average molecular weight is 304 g/mol. The van der Waals surface area contributed by atoms with Crippen molar-refractivity contribution < 1.29 is 27.9 Å². The van der Waals surface area contributed by atoms with E-state index >= 15 is 0 Å². The third-order valence-corrected chi connectivity index (χ3v) is 2.32. The van der Waals surface area contributed by atoms with Gasteiger partial charge in [0.05, 0.1) is 16.8 Å². The first-order valence-corrected chi connectivity index (χ1v) is 5.94. The van der Waals surface area contributed by atoms with Crippen LogP contribution in [0, 0.1) is 0 Å². The first-order chi connectivity index (χ1) is 9.40. The molecule has 0 spiro atoms. The van der Waals surface area contributed by atoms with E-state index in [0.29, 0.717) is 12.1 Å². The molecule has 0 radical (unpaired) electrons. The molecule has 1 rings (SSSR count). The molecular formula is C13H15F3N2O3. The number of alkyl halides is 3. The molecule has 0 aliphatic heterocycles. The summed E-state index contributed by atoms with van der Waals surface area (Å²) < 4.78 is 38.1. The molecule has 2 amide bonds. The quantitative estimate of drug-likeness (QED) is 0.784. The maximum absolute atomic E-state index is 12.7. The molecule has 0 atom stereocenters. The van der Waals surface area contributed by atoms with Crippen molar-refractivity contribution in [1.82, 2.24) is 5.32 Å². The van der Waals surface area contributed by atoms with Gasteiger partial charge in [-0.05, 0) is 39.0 Å². The van der Waals surface area contributed by atoms with E-state index in [9.17, 15) is 22.8 Å². The number of halogens is 3. The minimum atomic E-state index is -4.63. The van der Waals surface area contributed by atoms with Gasteiger partial charge in [-0.25, -0.2) is 4.79 Å². The van der Waals surface area contributed by atoms with Gasteiger partial charge < -0.3 is 10.4 Å². The van der Waals surface area contributed by atoms with Crippen LogP contribution in [-0.2, 0) is 6.18 Å².